The Hall–Kier alpha value is -1.28. The number of hydrogen-bond donors (Lipinski definition) is 1. The molecule has 1 aromatic carbocycles. The van der Waals surface area contributed by atoms with Gasteiger partial charge in [-0.1, -0.05) is 47.6 Å². The van der Waals surface area contributed by atoms with Crippen LogP contribution in [0.2, 0.25) is 36.3 Å². The summed E-state index contributed by atoms with van der Waals surface area (Å²) in [6.45, 7) is 22.9. The van der Waals surface area contributed by atoms with Gasteiger partial charge < -0.3 is 14.0 Å². The van der Waals surface area contributed by atoms with Crippen LogP contribution in [0.5, 0.6) is 11.5 Å². The summed E-state index contributed by atoms with van der Waals surface area (Å²) in [6.07, 6.45) is 6.76. The van der Waals surface area contributed by atoms with Crippen LogP contribution < -0.4 is 8.85 Å². The van der Waals surface area contributed by atoms with Crippen molar-refractivity contribution in [2.45, 2.75) is 129 Å². The second-order valence-electron chi connectivity index (χ2n) is 13.4. The first-order valence-corrected chi connectivity index (χ1v) is 19.0. The second-order valence-corrected chi connectivity index (χ2v) is 22.9. The fraction of sp³-hybridized carbons (Fsp3) is 0.750. The molecule has 0 heterocycles. The zero-order chi connectivity index (χ0) is 25.9. The molecule has 0 saturated heterocycles. The van der Waals surface area contributed by atoms with Gasteiger partial charge in [0.25, 0.3) is 0 Å². The van der Waals surface area contributed by atoms with Crippen molar-refractivity contribution in [2.75, 3.05) is 0 Å². The Labute approximate surface area is 211 Å². The second kappa shape index (κ2) is 10.8. The van der Waals surface area contributed by atoms with E-state index in [-0.39, 0.29) is 10.1 Å². The minimum Gasteiger partial charge on any atom is -0.543 e. The van der Waals surface area contributed by atoms with Crippen molar-refractivity contribution in [3.05, 3.63) is 23.8 Å². The first-order chi connectivity index (χ1) is 15.4. The van der Waals surface area contributed by atoms with Crippen LogP contribution in [0, 0.1) is 5.92 Å². The normalized spacial score (nSPS) is 20.2. The lowest BCUT2D eigenvalue weighted by atomic mass is 9.77. The van der Waals surface area contributed by atoms with E-state index in [1.165, 1.54) is 18.4 Å². The summed E-state index contributed by atoms with van der Waals surface area (Å²) >= 11 is 0. The maximum Gasteiger partial charge on any atom is 0.303 e. The Morgan fingerprint density at radius 1 is 0.912 bits per heavy atom. The molecule has 0 amide bonds. The third-order valence-electron chi connectivity index (χ3n) is 8.63. The van der Waals surface area contributed by atoms with E-state index in [4.69, 9.17) is 14.0 Å². The molecule has 1 saturated carbocycles. The highest BCUT2D eigenvalue weighted by Gasteiger charge is 2.41. The highest BCUT2D eigenvalue weighted by atomic mass is 28.4. The average Bonchev–Trinajstić information content (AvgIpc) is 2.66. The predicted octanol–water partition coefficient (Wildman–Crippen LogP) is 8.98. The van der Waals surface area contributed by atoms with E-state index in [2.05, 4.69) is 85.9 Å². The van der Waals surface area contributed by atoms with Crippen molar-refractivity contribution in [2.24, 2.45) is 5.92 Å². The van der Waals surface area contributed by atoms with Gasteiger partial charge in [-0.3, -0.25) is 4.79 Å². The predicted molar refractivity (Wildman–Crippen MR) is 148 cm³/mol. The molecule has 0 unspecified atom stereocenters. The Morgan fingerprint density at radius 3 is 1.94 bits per heavy atom. The fourth-order valence-corrected chi connectivity index (χ4v) is 6.24. The number of benzene rings is 1. The Kier molecular flexibility index (Phi) is 9.17. The summed E-state index contributed by atoms with van der Waals surface area (Å²) in [5.41, 5.74) is 1.33. The molecule has 34 heavy (non-hydrogen) atoms. The van der Waals surface area contributed by atoms with Gasteiger partial charge in [0.15, 0.2) is 0 Å². The molecule has 0 aromatic heterocycles. The SMILES string of the molecule is CC(C)(C)[Si](C)(C)Oc1ccc(C2CCC(CCCC(=O)O)CC2)c(O[Si](C)(C)C(C)(C)C)c1. The summed E-state index contributed by atoms with van der Waals surface area (Å²) in [4.78, 5) is 10.9. The van der Waals surface area contributed by atoms with Crippen LogP contribution in [0.3, 0.4) is 0 Å². The molecule has 6 heteroatoms. The van der Waals surface area contributed by atoms with Crippen molar-refractivity contribution in [1.29, 1.82) is 0 Å². The summed E-state index contributed by atoms with van der Waals surface area (Å²) in [5.74, 6) is 2.43. The molecule has 0 bridgehead atoms. The standard InChI is InChI=1S/C28H50O4Si2/c1-27(2,3)33(7,8)31-23-18-19-24(25(20-23)32-34(9,10)28(4,5)6)22-16-14-21(15-17-22)12-11-13-26(29)30/h18-22H,11-17H2,1-10H3,(H,29,30). The summed E-state index contributed by atoms with van der Waals surface area (Å²) in [5, 5.41) is 9.20. The molecule has 1 N–H and O–H groups in total. The van der Waals surface area contributed by atoms with Gasteiger partial charge >= 0.3 is 5.97 Å². The molecule has 194 valence electrons. The molecule has 4 nitrogen and oxygen atoms in total. The van der Waals surface area contributed by atoms with Gasteiger partial charge in [0.2, 0.25) is 16.6 Å². The lowest BCUT2D eigenvalue weighted by Crippen LogP contribution is -2.44. The van der Waals surface area contributed by atoms with Gasteiger partial charge in [-0.25, -0.2) is 0 Å². The van der Waals surface area contributed by atoms with Gasteiger partial charge in [-0.15, -0.1) is 0 Å². The van der Waals surface area contributed by atoms with E-state index in [1.54, 1.807) is 0 Å². The third kappa shape index (κ3) is 7.61. The molecular formula is C28H50O4Si2. The van der Waals surface area contributed by atoms with E-state index in [0.717, 1.165) is 37.2 Å². The lowest BCUT2D eigenvalue weighted by molar-refractivity contribution is -0.137. The molecular weight excluding hydrogens is 456 g/mol. The van der Waals surface area contributed by atoms with Crippen molar-refractivity contribution < 1.29 is 18.8 Å². The smallest absolute Gasteiger partial charge is 0.303 e. The van der Waals surface area contributed by atoms with Gasteiger partial charge in [-0.2, -0.15) is 0 Å². The monoisotopic (exact) mass is 506 g/mol. The zero-order valence-electron chi connectivity index (χ0n) is 23.5. The number of carboxylic acid groups (broad SMARTS) is 1. The number of hydrogen-bond acceptors (Lipinski definition) is 3. The van der Waals surface area contributed by atoms with E-state index in [9.17, 15) is 4.79 Å². The molecule has 1 aromatic rings. The van der Waals surface area contributed by atoms with Gasteiger partial charge in [0.05, 0.1) is 0 Å². The minimum absolute atomic E-state index is 0.127. The van der Waals surface area contributed by atoms with Gasteiger partial charge in [0.1, 0.15) is 11.5 Å². The number of carbonyl (C=O) groups is 1. The first-order valence-electron chi connectivity index (χ1n) is 13.2. The molecule has 2 rings (SSSR count). The summed E-state index contributed by atoms with van der Waals surface area (Å²) in [6, 6.07) is 6.60. The van der Waals surface area contributed by atoms with Crippen LogP contribution in [0.15, 0.2) is 18.2 Å². The minimum atomic E-state index is -2.00. The highest BCUT2D eigenvalue weighted by Crippen LogP contribution is 2.46. The van der Waals surface area contributed by atoms with E-state index >= 15 is 0 Å². The van der Waals surface area contributed by atoms with Crippen LogP contribution in [-0.2, 0) is 4.79 Å². The van der Waals surface area contributed by atoms with Gasteiger partial charge in [-0.05, 0) is 98.3 Å². The third-order valence-corrected chi connectivity index (χ3v) is 17.3. The number of rotatable bonds is 9. The molecule has 0 atom stereocenters. The molecule has 0 aliphatic heterocycles. The summed E-state index contributed by atoms with van der Waals surface area (Å²) < 4.78 is 13.6. The largest absolute Gasteiger partial charge is 0.543 e. The number of aliphatic carboxylic acids is 1. The topological polar surface area (TPSA) is 55.8 Å². The molecule has 1 aliphatic carbocycles. The number of carboxylic acids is 1. The maximum atomic E-state index is 10.9. The Balaban J connectivity index is 2.26. The molecule has 0 radical (unpaired) electrons. The molecule has 1 fully saturated rings. The first kappa shape index (κ1) is 29.0. The van der Waals surface area contributed by atoms with Crippen LogP contribution in [-0.4, -0.2) is 27.7 Å². The van der Waals surface area contributed by atoms with Crippen molar-refractivity contribution in [3.63, 3.8) is 0 Å². The lowest BCUT2D eigenvalue weighted by Gasteiger charge is -2.39. The van der Waals surface area contributed by atoms with Crippen LogP contribution in [0.1, 0.15) is 98.0 Å². The fourth-order valence-electron chi connectivity index (χ4n) is 4.18. The van der Waals surface area contributed by atoms with Crippen LogP contribution in [0.4, 0.5) is 0 Å². The van der Waals surface area contributed by atoms with Crippen molar-refractivity contribution in [1.82, 2.24) is 0 Å². The van der Waals surface area contributed by atoms with Crippen molar-refractivity contribution in [3.8, 4) is 11.5 Å². The Morgan fingerprint density at radius 2 is 1.44 bits per heavy atom. The van der Waals surface area contributed by atoms with Crippen LogP contribution >= 0.6 is 0 Å². The molecule has 1 aliphatic rings. The van der Waals surface area contributed by atoms with E-state index in [0.29, 0.717) is 18.3 Å². The van der Waals surface area contributed by atoms with Crippen LogP contribution in [0.25, 0.3) is 0 Å². The van der Waals surface area contributed by atoms with Crippen molar-refractivity contribution >= 4 is 22.6 Å². The Bertz CT molecular complexity index is 826. The maximum absolute atomic E-state index is 10.9. The van der Waals surface area contributed by atoms with Gasteiger partial charge in [0, 0.05) is 12.5 Å². The quantitative estimate of drug-likeness (QED) is 0.339. The van der Waals surface area contributed by atoms with E-state index in [1.807, 2.05) is 0 Å². The average molecular weight is 507 g/mol. The highest BCUT2D eigenvalue weighted by molar-refractivity contribution is 6.75. The summed E-state index contributed by atoms with van der Waals surface area (Å²) in [7, 11) is -3.94. The zero-order valence-corrected chi connectivity index (χ0v) is 25.5. The van der Waals surface area contributed by atoms with E-state index < -0.39 is 22.6 Å². The molecule has 0 spiro atoms.